The van der Waals surface area contributed by atoms with Crippen molar-refractivity contribution in [2.75, 3.05) is 19.0 Å². The lowest BCUT2D eigenvalue weighted by Gasteiger charge is -2.15. The van der Waals surface area contributed by atoms with E-state index in [0.29, 0.717) is 13.2 Å². The Labute approximate surface area is 107 Å². The zero-order valence-electron chi connectivity index (χ0n) is 10.7. The highest BCUT2D eigenvalue weighted by Gasteiger charge is 2.09. The van der Waals surface area contributed by atoms with Crippen molar-refractivity contribution in [2.24, 2.45) is 0 Å². The maximum Gasteiger partial charge on any atom is 0.203 e. The molecule has 0 fully saturated rings. The molecule has 0 saturated carbocycles. The van der Waals surface area contributed by atoms with Gasteiger partial charge in [-0.15, -0.1) is 0 Å². The molecule has 2 aromatic rings. The summed E-state index contributed by atoms with van der Waals surface area (Å²) in [7, 11) is 1.70. The molecule has 2 aromatic heterocycles. The average molecular weight is 246 g/mol. The van der Waals surface area contributed by atoms with Crippen LogP contribution in [0.4, 0.5) is 5.95 Å². The first-order valence-electron chi connectivity index (χ1n) is 5.97. The molecule has 0 aliphatic carbocycles. The molecule has 2 rings (SSSR count). The molecule has 5 heteroatoms. The molecule has 18 heavy (non-hydrogen) atoms. The quantitative estimate of drug-likeness (QED) is 0.848. The molecule has 0 aliphatic rings. The van der Waals surface area contributed by atoms with E-state index in [1.54, 1.807) is 19.5 Å². The first-order chi connectivity index (χ1) is 8.81. The van der Waals surface area contributed by atoms with Crippen LogP contribution in [0.5, 0.6) is 0 Å². The summed E-state index contributed by atoms with van der Waals surface area (Å²) >= 11 is 0. The summed E-state index contributed by atoms with van der Waals surface area (Å²) < 4.78 is 7.22. The molecule has 2 heterocycles. The lowest BCUT2D eigenvalue weighted by atomic mass is 10.3. The molecule has 0 amide bonds. The van der Waals surface area contributed by atoms with E-state index in [1.165, 1.54) is 0 Å². The van der Waals surface area contributed by atoms with Crippen LogP contribution in [0.25, 0.3) is 0 Å². The van der Waals surface area contributed by atoms with E-state index < -0.39 is 0 Å². The number of hydrogen-bond donors (Lipinski definition) is 1. The van der Waals surface area contributed by atoms with Crippen molar-refractivity contribution in [3.8, 4) is 0 Å². The number of rotatable bonds is 6. The Hall–Kier alpha value is -1.88. The van der Waals surface area contributed by atoms with Crippen molar-refractivity contribution in [1.29, 1.82) is 0 Å². The molecule has 0 spiro atoms. The number of pyridine rings is 1. The number of imidazole rings is 1. The monoisotopic (exact) mass is 246 g/mol. The average Bonchev–Trinajstić information content (AvgIpc) is 2.86. The maximum atomic E-state index is 5.16. The van der Waals surface area contributed by atoms with Crippen molar-refractivity contribution in [3.05, 3.63) is 42.5 Å². The summed E-state index contributed by atoms with van der Waals surface area (Å²) in [4.78, 5) is 8.57. The van der Waals surface area contributed by atoms with E-state index in [-0.39, 0.29) is 6.04 Å². The van der Waals surface area contributed by atoms with E-state index in [2.05, 4.69) is 26.8 Å². The molecule has 0 aliphatic heterocycles. The van der Waals surface area contributed by atoms with Crippen LogP contribution in [0.2, 0.25) is 0 Å². The molecular weight excluding hydrogens is 228 g/mol. The molecule has 1 unspecified atom stereocenters. The lowest BCUT2D eigenvalue weighted by Crippen LogP contribution is -2.14. The number of anilines is 1. The smallest absolute Gasteiger partial charge is 0.203 e. The predicted molar refractivity (Wildman–Crippen MR) is 70.4 cm³/mol. The molecule has 0 radical (unpaired) electrons. The number of nitrogens with zero attached hydrogens (tertiary/aromatic N) is 3. The van der Waals surface area contributed by atoms with E-state index >= 15 is 0 Å². The van der Waals surface area contributed by atoms with Crippen LogP contribution in [0.3, 0.4) is 0 Å². The molecule has 96 valence electrons. The standard InChI is InChI=1S/C13H18N4O/c1-11(10-18-2)17-8-7-15-13(17)16-9-12-5-3-4-6-14-12/h3-8,11H,9-10H2,1-2H3,(H,15,16). The van der Waals surface area contributed by atoms with Gasteiger partial charge in [0.25, 0.3) is 0 Å². The Bertz CT molecular complexity index is 469. The van der Waals surface area contributed by atoms with Gasteiger partial charge >= 0.3 is 0 Å². The number of hydrogen-bond acceptors (Lipinski definition) is 4. The Kier molecular flexibility index (Phi) is 4.30. The van der Waals surface area contributed by atoms with Gasteiger partial charge in [0, 0.05) is 25.7 Å². The van der Waals surface area contributed by atoms with Gasteiger partial charge in [0.15, 0.2) is 0 Å². The van der Waals surface area contributed by atoms with E-state index in [4.69, 9.17) is 4.74 Å². The fourth-order valence-electron chi connectivity index (χ4n) is 1.80. The third kappa shape index (κ3) is 3.07. The van der Waals surface area contributed by atoms with Gasteiger partial charge in [-0.25, -0.2) is 4.98 Å². The van der Waals surface area contributed by atoms with Gasteiger partial charge in [-0.05, 0) is 19.1 Å². The van der Waals surface area contributed by atoms with Crippen molar-refractivity contribution in [2.45, 2.75) is 19.5 Å². The second-order valence-electron chi connectivity index (χ2n) is 4.14. The fraction of sp³-hybridized carbons (Fsp3) is 0.385. The van der Waals surface area contributed by atoms with Crippen LogP contribution in [-0.2, 0) is 11.3 Å². The van der Waals surface area contributed by atoms with E-state index in [1.807, 2.05) is 24.4 Å². The molecule has 5 nitrogen and oxygen atoms in total. The minimum absolute atomic E-state index is 0.253. The van der Waals surface area contributed by atoms with Crippen molar-refractivity contribution < 1.29 is 4.74 Å². The van der Waals surface area contributed by atoms with Gasteiger partial charge < -0.3 is 14.6 Å². The van der Waals surface area contributed by atoms with Gasteiger partial charge in [-0.3, -0.25) is 4.98 Å². The first kappa shape index (κ1) is 12.6. The van der Waals surface area contributed by atoms with Crippen LogP contribution < -0.4 is 5.32 Å². The predicted octanol–water partition coefficient (Wildman–Crippen LogP) is 2.10. The van der Waals surface area contributed by atoms with Gasteiger partial charge in [0.05, 0.1) is 24.9 Å². The fourth-order valence-corrected chi connectivity index (χ4v) is 1.80. The summed E-state index contributed by atoms with van der Waals surface area (Å²) in [5.74, 6) is 0.838. The molecule has 1 atom stereocenters. The number of ether oxygens (including phenoxy) is 1. The summed E-state index contributed by atoms with van der Waals surface area (Å²) in [6.45, 7) is 3.42. The van der Waals surface area contributed by atoms with Crippen molar-refractivity contribution in [1.82, 2.24) is 14.5 Å². The second kappa shape index (κ2) is 6.16. The molecule has 1 N–H and O–H groups in total. The van der Waals surface area contributed by atoms with Gasteiger partial charge in [0.2, 0.25) is 5.95 Å². The minimum Gasteiger partial charge on any atom is -0.383 e. The zero-order valence-corrected chi connectivity index (χ0v) is 10.7. The third-order valence-corrected chi connectivity index (χ3v) is 2.71. The molecule has 0 saturated heterocycles. The Morgan fingerprint density at radius 3 is 2.94 bits per heavy atom. The Morgan fingerprint density at radius 1 is 1.33 bits per heavy atom. The van der Waals surface area contributed by atoms with Crippen molar-refractivity contribution in [3.63, 3.8) is 0 Å². The second-order valence-corrected chi connectivity index (χ2v) is 4.14. The normalized spacial score (nSPS) is 12.3. The summed E-state index contributed by atoms with van der Waals surface area (Å²) in [5, 5.41) is 3.28. The topological polar surface area (TPSA) is 52.0 Å². The van der Waals surface area contributed by atoms with Gasteiger partial charge in [0.1, 0.15) is 0 Å². The van der Waals surface area contributed by atoms with Crippen LogP contribution in [-0.4, -0.2) is 28.3 Å². The largest absolute Gasteiger partial charge is 0.383 e. The van der Waals surface area contributed by atoms with E-state index in [9.17, 15) is 0 Å². The van der Waals surface area contributed by atoms with Crippen LogP contribution >= 0.6 is 0 Å². The van der Waals surface area contributed by atoms with E-state index in [0.717, 1.165) is 11.6 Å². The Balaban J connectivity index is 2.00. The highest BCUT2D eigenvalue weighted by molar-refractivity contribution is 5.27. The minimum atomic E-state index is 0.253. The van der Waals surface area contributed by atoms with Crippen LogP contribution in [0.1, 0.15) is 18.7 Å². The molecular formula is C13H18N4O. The summed E-state index contributed by atoms with van der Waals surface area (Å²) in [6, 6.07) is 6.12. The van der Waals surface area contributed by atoms with Crippen LogP contribution in [0, 0.1) is 0 Å². The highest BCUT2D eigenvalue weighted by atomic mass is 16.5. The summed E-state index contributed by atoms with van der Waals surface area (Å²) in [5.41, 5.74) is 0.992. The van der Waals surface area contributed by atoms with Crippen LogP contribution in [0.15, 0.2) is 36.8 Å². The lowest BCUT2D eigenvalue weighted by molar-refractivity contribution is 0.163. The molecule has 0 aromatic carbocycles. The number of nitrogens with one attached hydrogen (secondary N) is 1. The van der Waals surface area contributed by atoms with Crippen molar-refractivity contribution >= 4 is 5.95 Å². The number of methoxy groups -OCH3 is 1. The van der Waals surface area contributed by atoms with Gasteiger partial charge in [-0.2, -0.15) is 0 Å². The third-order valence-electron chi connectivity index (χ3n) is 2.71. The zero-order chi connectivity index (χ0) is 12.8. The first-order valence-corrected chi connectivity index (χ1v) is 5.97. The SMILES string of the molecule is COCC(C)n1ccnc1NCc1ccccn1. The number of aromatic nitrogens is 3. The van der Waals surface area contributed by atoms with Gasteiger partial charge in [-0.1, -0.05) is 6.07 Å². The highest BCUT2D eigenvalue weighted by Crippen LogP contribution is 2.14. The maximum absolute atomic E-state index is 5.16. The summed E-state index contributed by atoms with van der Waals surface area (Å²) in [6.07, 6.45) is 5.52. The molecule has 0 bridgehead atoms. The Morgan fingerprint density at radius 2 is 2.22 bits per heavy atom.